The lowest BCUT2D eigenvalue weighted by atomic mass is 10.4. The van der Waals surface area contributed by atoms with Crippen molar-refractivity contribution in [2.75, 3.05) is 0 Å². The SMILES string of the molecule is C=C(C)C(=O)OCc1ccc(C=O)o1. The van der Waals surface area contributed by atoms with E-state index in [0.717, 1.165) is 0 Å². The third-order valence-corrected chi connectivity index (χ3v) is 1.49. The number of hydrogen-bond acceptors (Lipinski definition) is 4. The normalized spacial score (nSPS) is 9.50. The molecule has 0 aliphatic heterocycles. The van der Waals surface area contributed by atoms with Crippen molar-refractivity contribution >= 4 is 12.3 Å². The van der Waals surface area contributed by atoms with Gasteiger partial charge in [0.05, 0.1) is 0 Å². The van der Waals surface area contributed by atoms with Crippen molar-refractivity contribution in [3.05, 3.63) is 35.8 Å². The molecule has 0 N–H and O–H groups in total. The van der Waals surface area contributed by atoms with Crippen LogP contribution in [0.5, 0.6) is 0 Å². The Balaban J connectivity index is 2.49. The van der Waals surface area contributed by atoms with Gasteiger partial charge in [-0.15, -0.1) is 0 Å². The first-order valence-corrected chi connectivity index (χ1v) is 4.00. The first-order valence-electron chi connectivity index (χ1n) is 4.00. The molecule has 74 valence electrons. The van der Waals surface area contributed by atoms with Crippen LogP contribution in [0.2, 0.25) is 0 Å². The maximum Gasteiger partial charge on any atom is 0.333 e. The van der Waals surface area contributed by atoms with Gasteiger partial charge in [-0.3, -0.25) is 4.79 Å². The molecular formula is C10H10O4. The Labute approximate surface area is 81.2 Å². The van der Waals surface area contributed by atoms with Crippen LogP contribution < -0.4 is 0 Å². The van der Waals surface area contributed by atoms with Crippen molar-refractivity contribution in [1.82, 2.24) is 0 Å². The van der Waals surface area contributed by atoms with Crippen LogP contribution in [-0.4, -0.2) is 12.3 Å². The standard InChI is InChI=1S/C10H10O4/c1-7(2)10(12)13-6-9-4-3-8(5-11)14-9/h3-5H,1,6H2,2H3. The average molecular weight is 194 g/mol. The summed E-state index contributed by atoms with van der Waals surface area (Å²) in [5.74, 6) is 0.169. The van der Waals surface area contributed by atoms with E-state index >= 15 is 0 Å². The average Bonchev–Trinajstić information content (AvgIpc) is 2.61. The maximum absolute atomic E-state index is 11.0. The number of carbonyl (C=O) groups excluding carboxylic acids is 2. The Morgan fingerprint density at radius 2 is 2.36 bits per heavy atom. The van der Waals surface area contributed by atoms with Crippen LogP contribution in [0.25, 0.3) is 0 Å². The Hall–Kier alpha value is -1.84. The van der Waals surface area contributed by atoms with Gasteiger partial charge in [-0.1, -0.05) is 6.58 Å². The van der Waals surface area contributed by atoms with E-state index < -0.39 is 5.97 Å². The van der Waals surface area contributed by atoms with Crippen molar-refractivity contribution in [1.29, 1.82) is 0 Å². The van der Waals surface area contributed by atoms with Crippen LogP contribution in [0.3, 0.4) is 0 Å². The minimum absolute atomic E-state index is 0.0134. The van der Waals surface area contributed by atoms with Gasteiger partial charge in [0.2, 0.25) is 0 Å². The zero-order valence-corrected chi connectivity index (χ0v) is 7.78. The van der Waals surface area contributed by atoms with E-state index in [0.29, 0.717) is 17.6 Å². The van der Waals surface area contributed by atoms with E-state index in [1.807, 2.05) is 0 Å². The molecule has 0 unspecified atom stereocenters. The lowest BCUT2D eigenvalue weighted by Crippen LogP contribution is -2.04. The molecule has 0 aromatic carbocycles. The number of hydrogen-bond donors (Lipinski definition) is 0. The molecule has 1 aromatic heterocycles. The van der Waals surface area contributed by atoms with E-state index in [-0.39, 0.29) is 12.4 Å². The Morgan fingerprint density at radius 3 is 2.86 bits per heavy atom. The second kappa shape index (κ2) is 4.41. The van der Waals surface area contributed by atoms with Gasteiger partial charge in [0.15, 0.2) is 12.0 Å². The summed E-state index contributed by atoms with van der Waals surface area (Å²) in [6.45, 7) is 5.00. The summed E-state index contributed by atoms with van der Waals surface area (Å²) in [5.41, 5.74) is 0.326. The van der Waals surface area contributed by atoms with Crippen molar-refractivity contribution in [3.63, 3.8) is 0 Å². The molecule has 4 nitrogen and oxygen atoms in total. The second-order valence-electron chi connectivity index (χ2n) is 2.78. The number of ether oxygens (including phenoxy) is 1. The lowest BCUT2D eigenvalue weighted by Gasteiger charge is -2.00. The van der Waals surface area contributed by atoms with Crippen molar-refractivity contribution < 1.29 is 18.7 Å². The van der Waals surface area contributed by atoms with E-state index in [2.05, 4.69) is 6.58 Å². The van der Waals surface area contributed by atoms with Crippen LogP contribution in [0.15, 0.2) is 28.7 Å². The summed E-state index contributed by atoms with van der Waals surface area (Å²) in [7, 11) is 0. The van der Waals surface area contributed by atoms with Crippen LogP contribution in [0.4, 0.5) is 0 Å². The van der Waals surface area contributed by atoms with E-state index in [1.165, 1.54) is 6.07 Å². The fourth-order valence-corrected chi connectivity index (χ4v) is 0.795. The van der Waals surface area contributed by atoms with Crippen molar-refractivity contribution in [2.45, 2.75) is 13.5 Å². The maximum atomic E-state index is 11.0. The predicted octanol–water partition coefficient (Wildman–Crippen LogP) is 1.71. The van der Waals surface area contributed by atoms with Gasteiger partial charge in [-0.2, -0.15) is 0 Å². The molecule has 0 aliphatic rings. The third-order valence-electron chi connectivity index (χ3n) is 1.49. The van der Waals surface area contributed by atoms with Gasteiger partial charge in [0.1, 0.15) is 12.4 Å². The molecule has 1 rings (SSSR count). The molecule has 1 aromatic rings. The Morgan fingerprint density at radius 1 is 1.64 bits per heavy atom. The van der Waals surface area contributed by atoms with E-state index in [4.69, 9.17) is 9.15 Å². The van der Waals surface area contributed by atoms with Gasteiger partial charge in [0.25, 0.3) is 0 Å². The summed E-state index contributed by atoms with van der Waals surface area (Å²) in [4.78, 5) is 21.2. The molecule has 0 fully saturated rings. The zero-order chi connectivity index (χ0) is 10.6. The van der Waals surface area contributed by atoms with Crippen LogP contribution in [0, 0.1) is 0 Å². The summed E-state index contributed by atoms with van der Waals surface area (Å²) < 4.78 is 9.79. The van der Waals surface area contributed by atoms with Gasteiger partial charge >= 0.3 is 5.97 Å². The fraction of sp³-hybridized carbons (Fsp3) is 0.200. The highest BCUT2D eigenvalue weighted by Crippen LogP contribution is 2.07. The predicted molar refractivity (Wildman–Crippen MR) is 48.7 cm³/mol. The van der Waals surface area contributed by atoms with Gasteiger partial charge in [-0.05, 0) is 19.1 Å². The van der Waals surface area contributed by atoms with E-state index in [1.54, 1.807) is 13.0 Å². The molecule has 0 saturated carbocycles. The minimum atomic E-state index is -0.478. The molecular weight excluding hydrogens is 184 g/mol. The first-order chi connectivity index (χ1) is 6.63. The lowest BCUT2D eigenvalue weighted by molar-refractivity contribution is -0.140. The molecule has 1 heterocycles. The largest absolute Gasteiger partial charge is 0.455 e. The molecule has 0 spiro atoms. The molecule has 0 amide bonds. The quantitative estimate of drug-likeness (QED) is 0.416. The van der Waals surface area contributed by atoms with Crippen LogP contribution >= 0.6 is 0 Å². The highest BCUT2D eigenvalue weighted by Gasteiger charge is 2.06. The smallest absolute Gasteiger partial charge is 0.333 e. The number of esters is 1. The summed E-state index contributed by atoms with van der Waals surface area (Å²) in [5, 5.41) is 0. The second-order valence-corrected chi connectivity index (χ2v) is 2.78. The first kappa shape index (κ1) is 10.2. The molecule has 4 heteroatoms. The van der Waals surface area contributed by atoms with Gasteiger partial charge in [0, 0.05) is 5.57 Å². The number of aldehydes is 1. The molecule has 0 bridgehead atoms. The monoisotopic (exact) mass is 194 g/mol. The van der Waals surface area contributed by atoms with Crippen LogP contribution in [0.1, 0.15) is 23.2 Å². The number of rotatable bonds is 4. The number of furan rings is 1. The van der Waals surface area contributed by atoms with Crippen molar-refractivity contribution in [2.24, 2.45) is 0 Å². The molecule has 0 radical (unpaired) electrons. The molecule has 0 atom stereocenters. The minimum Gasteiger partial charge on any atom is -0.455 e. The topological polar surface area (TPSA) is 56.5 Å². The summed E-state index contributed by atoms with van der Waals surface area (Å²) in [6.07, 6.45) is 0.587. The summed E-state index contributed by atoms with van der Waals surface area (Å²) in [6, 6.07) is 3.09. The molecule has 0 saturated heterocycles. The molecule has 14 heavy (non-hydrogen) atoms. The molecule has 0 aliphatic carbocycles. The van der Waals surface area contributed by atoms with E-state index in [9.17, 15) is 9.59 Å². The third kappa shape index (κ3) is 2.58. The number of carbonyl (C=O) groups is 2. The van der Waals surface area contributed by atoms with Gasteiger partial charge in [-0.25, -0.2) is 4.79 Å². The zero-order valence-electron chi connectivity index (χ0n) is 7.78. The Kier molecular flexibility index (Phi) is 3.23. The Bertz CT molecular complexity index is 362. The van der Waals surface area contributed by atoms with Crippen molar-refractivity contribution in [3.8, 4) is 0 Å². The highest BCUT2D eigenvalue weighted by atomic mass is 16.5. The summed E-state index contributed by atoms with van der Waals surface area (Å²) >= 11 is 0. The van der Waals surface area contributed by atoms with Crippen LogP contribution in [-0.2, 0) is 16.1 Å². The van der Waals surface area contributed by atoms with Gasteiger partial charge < -0.3 is 9.15 Å². The highest BCUT2D eigenvalue weighted by molar-refractivity contribution is 5.86. The fourth-order valence-electron chi connectivity index (χ4n) is 0.795.